The summed E-state index contributed by atoms with van der Waals surface area (Å²) in [7, 11) is 0. The highest BCUT2D eigenvalue weighted by Gasteiger charge is 2.27. The van der Waals surface area contributed by atoms with Gasteiger partial charge in [0.25, 0.3) is 5.91 Å². The van der Waals surface area contributed by atoms with Crippen molar-refractivity contribution in [1.82, 2.24) is 0 Å². The van der Waals surface area contributed by atoms with Crippen molar-refractivity contribution in [2.24, 2.45) is 0 Å². The van der Waals surface area contributed by atoms with Crippen molar-refractivity contribution < 1.29 is 9.53 Å². The number of rotatable bonds is 2. The van der Waals surface area contributed by atoms with Crippen LogP contribution >= 0.6 is 0 Å². The number of benzene rings is 3. The molecular formula is C19H16N2O2. The molecule has 1 heterocycles. The molecule has 3 aromatic rings. The topological polar surface area (TPSA) is 55.6 Å². The SMILES string of the molecule is Nc1cccc2c1N(Cc1cccc3ccccc13)C(=O)CO2. The molecule has 0 spiro atoms. The monoisotopic (exact) mass is 304 g/mol. The lowest BCUT2D eigenvalue weighted by atomic mass is 10.0. The van der Waals surface area contributed by atoms with Crippen molar-refractivity contribution in [3.63, 3.8) is 0 Å². The third kappa shape index (κ3) is 2.28. The maximum atomic E-state index is 12.4. The Balaban J connectivity index is 1.81. The molecular weight excluding hydrogens is 288 g/mol. The Kier molecular flexibility index (Phi) is 3.15. The molecule has 0 saturated heterocycles. The number of para-hydroxylation sites is 1. The highest BCUT2D eigenvalue weighted by molar-refractivity contribution is 6.01. The third-order valence-corrected chi connectivity index (χ3v) is 4.16. The molecule has 4 heteroatoms. The van der Waals surface area contributed by atoms with E-state index in [-0.39, 0.29) is 12.5 Å². The number of carbonyl (C=O) groups excluding carboxylic acids is 1. The van der Waals surface area contributed by atoms with Crippen LogP contribution < -0.4 is 15.4 Å². The van der Waals surface area contributed by atoms with Gasteiger partial charge in [-0.1, -0.05) is 48.5 Å². The van der Waals surface area contributed by atoms with Crippen LogP contribution in [0.1, 0.15) is 5.56 Å². The summed E-state index contributed by atoms with van der Waals surface area (Å²) < 4.78 is 5.50. The van der Waals surface area contributed by atoms with E-state index >= 15 is 0 Å². The van der Waals surface area contributed by atoms with Gasteiger partial charge in [0, 0.05) is 0 Å². The number of amides is 1. The minimum absolute atomic E-state index is 0.0429. The predicted molar refractivity (Wildman–Crippen MR) is 91.5 cm³/mol. The second-order valence-electron chi connectivity index (χ2n) is 5.60. The van der Waals surface area contributed by atoms with Crippen molar-refractivity contribution in [3.8, 4) is 5.75 Å². The Hall–Kier alpha value is -3.01. The van der Waals surface area contributed by atoms with E-state index in [9.17, 15) is 4.79 Å². The van der Waals surface area contributed by atoms with Gasteiger partial charge in [-0.15, -0.1) is 0 Å². The van der Waals surface area contributed by atoms with E-state index in [1.165, 1.54) is 0 Å². The number of ether oxygens (including phenoxy) is 1. The molecule has 4 rings (SSSR count). The van der Waals surface area contributed by atoms with Crippen molar-refractivity contribution in [3.05, 3.63) is 66.2 Å². The number of nitrogen functional groups attached to an aromatic ring is 1. The summed E-state index contributed by atoms with van der Waals surface area (Å²) in [4.78, 5) is 14.1. The average Bonchev–Trinajstić information content (AvgIpc) is 2.58. The predicted octanol–water partition coefficient (Wildman–Crippen LogP) is 3.35. The molecule has 0 radical (unpaired) electrons. The lowest BCUT2D eigenvalue weighted by Crippen LogP contribution is -2.38. The molecule has 0 bridgehead atoms. The van der Waals surface area contributed by atoms with E-state index in [1.807, 2.05) is 36.4 Å². The minimum atomic E-state index is -0.0802. The number of nitrogens with zero attached hydrogens (tertiary/aromatic N) is 1. The Morgan fingerprint density at radius 1 is 1.00 bits per heavy atom. The van der Waals surface area contributed by atoms with Gasteiger partial charge in [-0.2, -0.15) is 0 Å². The van der Waals surface area contributed by atoms with Gasteiger partial charge in [0.2, 0.25) is 0 Å². The van der Waals surface area contributed by atoms with E-state index in [2.05, 4.69) is 18.2 Å². The molecule has 3 aromatic carbocycles. The summed E-state index contributed by atoms with van der Waals surface area (Å²) in [6, 6.07) is 19.8. The molecule has 23 heavy (non-hydrogen) atoms. The zero-order chi connectivity index (χ0) is 15.8. The average molecular weight is 304 g/mol. The summed E-state index contributed by atoms with van der Waals surface area (Å²) in [5.41, 5.74) is 8.39. The number of nitrogens with two attached hydrogens (primary N) is 1. The largest absolute Gasteiger partial charge is 0.481 e. The van der Waals surface area contributed by atoms with Gasteiger partial charge >= 0.3 is 0 Å². The van der Waals surface area contributed by atoms with Gasteiger partial charge in [-0.3, -0.25) is 9.69 Å². The van der Waals surface area contributed by atoms with Crippen LogP contribution in [0.5, 0.6) is 5.75 Å². The zero-order valence-electron chi connectivity index (χ0n) is 12.5. The zero-order valence-corrected chi connectivity index (χ0v) is 12.5. The van der Waals surface area contributed by atoms with Crippen molar-refractivity contribution in [2.45, 2.75) is 6.54 Å². The smallest absolute Gasteiger partial charge is 0.265 e. The summed E-state index contributed by atoms with van der Waals surface area (Å²) in [5.74, 6) is 0.577. The highest BCUT2D eigenvalue weighted by atomic mass is 16.5. The first-order valence-electron chi connectivity index (χ1n) is 7.52. The summed E-state index contributed by atoms with van der Waals surface area (Å²) in [6.07, 6.45) is 0. The number of anilines is 2. The molecule has 114 valence electrons. The van der Waals surface area contributed by atoms with Crippen LogP contribution in [0.15, 0.2) is 60.7 Å². The van der Waals surface area contributed by atoms with Crippen LogP contribution in [-0.4, -0.2) is 12.5 Å². The van der Waals surface area contributed by atoms with Crippen LogP contribution in [0.3, 0.4) is 0 Å². The molecule has 1 amide bonds. The molecule has 0 aliphatic carbocycles. The Bertz CT molecular complexity index is 900. The lowest BCUT2D eigenvalue weighted by molar-refractivity contribution is -0.121. The van der Waals surface area contributed by atoms with Gasteiger partial charge in [-0.05, 0) is 28.5 Å². The second-order valence-corrected chi connectivity index (χ2v) is 5.60. The van der Waals surface area contributed by atoms with Crippen molar-refractivity contribution in [1.29, 1.82) is 0 Å². The quantitative estimate of drug-likeness (QED) is 0.739. The molecule has 0 unspecified atom stereocenters. The van der Waals surface area contributed by atoms with Crippen LogP contribution in [0, 0.1) is 0 Å². The molecule has 0 aromatic heterocycles. The molecule has 0 fully saturated rings. The normalized spacial score (nSPS) is 13.7. The highest BCUT2D eigenvalue weighted by Crippen LogP contribution is 2.38. The number of fused-ring (bicyclic) bond motifs is 2. The molecule has 1 aliphatic heterocycles. The molecule has 1 aliphatic rings. The molecule has 4 nitrogen and oxygen atoms in total. The standard InChI is InChI=1S/C19H16N2O2/c20-16-9-4-10-17-19(16)21(18(22)12-23-17)11-14-7-3-6-13-5-1-2-8-15(13)14/h1-10H,11-12,20H2. The van der Waals surface area contributed by atoms with Crippen molar-refractivity contribution in [2.75, 3.05) is 17.2 Å². The molecule has 0 atom stereocenters. The van der Waals surface area contributed by atoms with Gasteiger partial charge in [0.05, 0.1) is 12.2 Å². The van der Waals surface area contributed by atoms with E-state index in [4.69, 9.17) is 10.5 Å². The van der Waals surface area contributed by atoms with Crippen LogP contribution in [0.2, 0.25) is 0 Å². The lowest BCUT2D eigenvalue weighted by Gasteiger charge is -2.30. The number of carbonyl (C=O) groups is 1. The van der Waals surface area contributed by atoms with Crippen LogP contribution in [-0.2, 0) is 11.3 Å². The first kappa shape index (κ1) is 13.6. The maximum Gasteiger partial charge on any atom is 0.265 e. The summed E-state index contributed by atoms with van der Waals surface area (Å²) >= 11 is 0. The fraction of sp³-hybridized carbons (Fsp3) is 0.105. The van der Waals surface area contributed by atoms with E-state index in [1.54, 1.807) is 11.0 Å². The fourth-order valence-electron chi connectivity index (χ4n) is 3.05. The van der Waals surface area contributed by atoms with E-state index < -0.39 is 0 Å². The number of hydrogen-bond acceptors (Lipinski definition) is 3. The fourth-order valence-corrected chi connectivity index (χ4v) is 3.05. The van der Waals surface area contributed by atoms with Gasteiger partial charge in [-0.25, -0.2) is 0 Å². The Morgan fingerprint density at radius 2 is 1.78 bits per heavy atom. The van der Waals surface area contributed by atoms with Gasteiger partial charge < -0.3 is 10.5 Å². The van der Waals surface area contributed by atoms with E-state index in [0.29, 0.717) is 23.7 Å². The second kappa shape index (κ2) is 5.32. The Morgan fingerprint density at radius 3 is 2.70 bits per heavy atom. The first-order valence-corrected chi connectivity index (χ1v) is 7.52. The van der Waals surface area contributed by atoms with Crippen LogP contribution in [0.25, 0.3) is 10.8 Å². The molecule has 2 N–H and O–H groups in total. The van der Waals surface area contributed by atoms with Gasteiger partial charge in [0.15, 0.2) is 6.61 Å². The Labute approximate surface area is 134 Å². The van der Waals surface area contributed by atoms with E-state index in [0.717, 1.165) is 16.3 Å². The maximum absolute atomic E-state index is 12.4. The third-order valence-electron chi connectivity index (χ3n) is 4.16. The summed E-state index contributed by atoms with van der Waals surface area (Å²) in [5, 5.41) is 2.30. The summed E-state index contributed by atoms with van der Waals surface area (Å²) in [6.45, 7) is 0.520. The van der Waals surface area contributed by atoms with Gasteiger partial charge in [0.1, 0.15) is 11.4 Å². The van der Waals surface area contributed by atoms with Crippen molar-refractivity contribution >= 4 is 28.1 Å². The number of hydrogen-bond donors (Lipinski definition) is 1. The molecule has 0 saturated carbocycles. The van der Waals surface area contributed by atoms with Crippen LogP contribution in [0.4, 0.5) is 11.4 Å². The first-order chi connectivity index (χ1) is 11.2. The minimum Gasteiger partial charge on any atom is -0.481 e.